The number of carboxylic acid groups (broad SMARTS) is 1. The Morgan fingerprint density at radius 3 is 2.38 bits per heavy atom. The molecule has 1 atom stereocenters. The maximum absolute atomic E-state index is 14.8. The van der Waals surface area contributed by atoms with Crippen LogP contribution in [-0.2, 0) is 21.4 Å². The molecule has 19 heteroatoms. The summed E-state index contributed by atoms with van der Waals surface area (Å²) in [7, 11) is 1.50. The van der Waals surface area contributed by atoms with Crippen molar-refractivity contribution in [3.05, 3.63) is 65.1 Å². The highest BCUT2D eigenvalue weighted by atomic mass is 19.4. The first-order valence-electron chi connectivity index (χ1n) is 16.2. The molecule has 2 fully saturated rings. The molecule has 14 nitrogen and oxygen atoms in total. The van der Waals surface area contributed by atoms with Gasteiger partial charge in [0.1, 0.15) is 6.07 Å². The Kier molecular flexibility index (Phi) is 13.1. The van der Waals surface area contributed by atoms with Gasteiger partial charge in [0, 0.05) is 62.5 Å². The molecule has 53 heavy (non-hydrogen) atoms. The number of carbonyl (C=O) groups excluding carboxylic acids is 3. The number of hydrogen-bond acceptors (Lipinski definition) is 9. The van der Waals surface area contributed by atoms with Crippen molar-refractivity contribution in [2.24, 2.45) is 18.7 Å². The number of amides is 3. The van der Waals surface area contributed by atoms with Gasteiger partial charge < -0.3 is 40.0 Å². The number of imidazole rings is 1. The number of carbonyl (C=O) groups is 4. The molecule has 1 aromatic heterocycles. The number of nitrogens with two attached hydrogens (primary N) is 1. The topological polar surface area (TPSA) is 193 Å². The fourth-order valence-electron chi connectivity index (χ4n) is 5.81. The summed E-state index contributed by atoms with van der Waals surface area (Å²) in [6, 6.07) is 9.10. The Balaban J connectivity index is 0.000000815. The molecule has 3 amide bonds. The van der Waals surface area contributed by atoms with Crippen molar-refractivity contribution in [2.75, 3.05) is 51.3 Å². The van der Waals surface area contributed by atoms with Crippen LogP contribution in [0.15, 0.2) is 36.5 Å². The van der Waals surface area contributed by atoms with Crippen LogP contribution in [-0.4, -0.2) is 106 Å². The number of carboxylic acids is 1. The number of aliphatic carboxylic acids is 1. The van der Waals surface area contributed by atoms with Crippen molar-refractivity contribution < 1.29 is 55.7 Å². The van der Waals surface area contributed by atoms with Gasteiger partial charge in [-0.05, 0) is 55.7 Å². The number of aryl methyl sites for hydroxylation is 1. The second kappa shape index (κ2) is 17.3. The fourth-order valence-corrected chi connectivity index (χ4v) is 5.81. The average Bonchev–Trinajstić information content (AvgIpc) is 3.52. The minimum atomic E-state index is -5.08. The number of piperidine rings is 1. The molecule has 0 saturated carbocycles. The summed E-state index contributed by atoms with van der Waals surface area (Å²) in [4.78, 5) is 56.1. The van der Waals surface area contributed by atoms with E-state index in [0.717, 1.165) is 0 Å². The van der Waals surface area contributed by atoms with E-state index in [2.05, 4.69) is 10.3 Å². The van der Waals surface area contributed by atoms with E-state index in [0.29, 0.717) is 69.0 Å². The average molecular weight is 750 g/mol. The molecule has 2 aliphatic rings. The molecule has 5 rings (SSSR count). The summed E-state index contributed by atoms with van der Waals surface area (Å²) >= 11 is 0. The first-order chi connectivity index (χ1) is 25.1. The molecule has 2 aromatic carbocycles. The predicted molar refractivity (Wildman–Crippen MR) is 176 cm³/mol. The largest absolute Gasteiger partial charge is 0.490 e. The highest BCUT2D eigenvalue weighted by Crippen LogP contribution is 2.31. The number of nitrogens with zero attached hydrogens (tertiary/aromatic N) is 5. The maximum Gasteiger partial charge on any atom is 0.490 e. The van der Waals surface area contributed by atoms with E-state index < -0.39 is 42.0 Å². The van der Waals surface area contributed by atoms with Gasteiger partial charge >= 0.3 is 12.1 Å². The zero-order valence-corrected chi connectivity index (χ0v) is 28.6. The lowest BCUT2D eigenvalue weighted by Crippen LogP contribution is -2.51. The smallest absolute Gasteiger partial charge is 0.476 e. The summed E-state index contributed by atoms with van der Waals surface area (Å²) in [5.41, 5.74) is 7.29. The van der Waals surface area contributed by atoms with Crippen LogP contribution in [0.5, 0.6) is 5.75 Å². The van der Waals surface area contributed by atoms with Crippen molar-refractivity contribution in [1.29, 1.82) is 5.26 Å². The van der Waals surface area contributed by atoms with Gasteiger partial charge in [0.15, 0.2) is 24.0 Å². The number of anilines is 1. The SMILES string of the molecule is Cc1cc(NC(=O)c2ncc(-c3ccc(OCC#N)c(F)c3F)n2C)ccc1C(=O)N1CCC(C(=O)N2CCO[C@H](CN)C2)CC1.O=C(O)C(F)(F)F. The lowest BCUT2D eigenvalue weighted by molar-refractivity contribution is -0.192. The van der Waals surface area contributed by atoms with Crippen LogP contribution in [0.4, 0.5) is 27.6 Å². The molecular formula is C34H36F5N7O7. The first-order valence-corrected chi connectivity index (χ1v) is 16.2. The summed E-state index contributed by atoms with van der Waals surface area (Å²) in [6.07, 6.45) is -2.83. The Bertz CT molecular complexity index is 1890. The number of ether oxygens (including phenoxy) is 2. The quantitative estimate of drug-likeness (QED) is 0.287. The monoisotopic (exact) mass is 749 g/mol. The van der Waals surface area contributed by atoms with Crippen LogP contribution < -0.4 is 15.8 Å². The Hall–Kier alpha value is -5.61. The zero-order valence-electron chi connectivity index (χ0n) is 28.6. The lowest BCUT2D eigenvalue weighted by atomic mass is 9.94. The van der Waals surface area contributed by atoms with Crippen LogP contribution in [0, 0.1) is 35.8 Å². The van der Waals surface area contributed by atoms with E-state index in [1.807, 2.05) is 4.90 Å². The highest BCUT2D eigenvalue weighted by molar-refractivity contribution is 6.03. The summed E-state index contributed by atoms with van der Waals surface area (Å²) in [5.74, 6) is -6.46. The zero-order chi connectivity index (χ0) is 39.0. The fraction of sp³-hybridized carbons (Fsp3) is 0.412. The van der Waals surface area contributed by atoms with Crippen molar-refractivity contribution in [2.45, 2.75) is 32.0 Å². The number of rotatable bonds is 8. The van der Waals surface area contributed by atoms with Gasteiger partial charge in [0.2, 0.25) is 11.7 Å². The summed E-state index contributed by atoms with van der Waals surface area (Å²) < 4.78 is 72.8. The molecule has 2 saturated heterocycles. The lowest BCUT2D eigenvalue weighted by Gasteiger charge is -2.37. The van der Waals surface area contributed by atoms with Crippen LogP contribution in [0.2, 0.25) is 0 Å². The Morgan fingerprint density at radius 2 is 1.77 bits per heavy atom. The number of nitrogens with one attached hydrogen (secondary N) is 1. The van der Waals surface area contributed by atoms with Crippen LogP contribution in [0.3, 0.4) is 0 Å². The van der Waals surface area contributed by atoms with Gasteiger partial charge in [-0.15, -0.1) is 0 Å². The molecule has 0 unspecified atom stereocenters. The number of likely N-dealkylation sites (tertiary alicyclic amines) is 1. The first kappa shape index (κ1) is 40.2. The Morgan fingerprint density at radius 1 is 1.09 bits per heavy atom. The van der Waals surface area contributed by atoms with E-state index in [1.54, 1.807) is 36.1 Å². The van der Waals surface area contributed by atoms with Gasteiger partial charge in [-0.2, -0.15) is 22.8 Å². The number of nitriles is 1. The number of alkyl halides is 3. The van der Waals surface area contributed by atoms with Crippen molar-refractivity contribution in [1.82, 2.24) is 19.4 Å². The van der Waals surface area contributed by atoms with E-state index in [1.165, 1.54) is 29.9 Å². The molecule has 0 spiro atoms. The van der Waals surface area contributed by atoms with Crippen molar-refractivity contribution >= 4 is 29.4 Å². The molecule has 3 aromatic rings. The Labute approximate surface area is 299 Å². The third-order valence-corrected chi connectivity index (χ3v) is 8.61. The molecular weight excluding hydrogens is 713 g/mol. The minimum absolute atomic E-state index is 0.0505. The minimum Gasteiger partial charge on any atom is -0.476 e. The normalized spacial score (nSPS) is 16.2. The second-order valence-electron chi connectivity index (χ2n) is 12.1. The molecule has 3 heterocycles. The molecule has 0 bridgehead atoms. The molecule has 0 radical (unpaired) electrons. The van der Waals surface area contributed by atoms with Crippen LogP contribution >= 0.6 is 0 Å². The van der Waals surface area contributed by atoms with Crippen molar-refractivity contribution in [3.63, 3.8) is 0 Å². The van der Waals surface area contributed by atoms with E-state index in [9.17, 15) is 36.3 Å². The van der Waals surface area contributed by atoms with E-state index >= 15 is 0 Å². The predicted octanol–water partition coefficient (Wildman–Crippen LogP) is 3.50. The summed E-state index contributed by atoms with van der Waals surface area (Å²) in [5, 5.41) is 18.5. The molecule has 284 valence electrons. The third kappa shape index (κ3) is 9.64. The highest BCUT2D eigenvalue weighted by Gasteiger charge is 2.38. The summed E-state index contributed by atoms with van der Waals surface area (Å²) in [6.45, 7) is 4.12. The number of benzene rings is 2. The number of halogens is 5. The van der Waals surface area contributed by atoms with Gasteiger partial charge in [-0.25, -0.2) is 14.2 Å². The van der Waals surface area contributed by atoms with Crippen LogP contribution in [0.25, 0.3) is 11.3 Å². The van der Waals surface area contributed by atoms with Gasteiger partial charge in [0.05, 0.1) is 24.6 Å². The maximum atomic E-state index is 14.8. The standard InChI is InChI=1S/C32H35F2N7O5.C2HF3O2/c1-19-15-21(38-30(42)29-37-17-25(39(29)2)24-5-6-26(46-13-9-35)28(34)27(24)33)3-4-23(19)32(44)40-10-7-20(8-11-40)31(43)41-12-14-45-22(16-36)18-41;3-2(4,5)1(6)7/h3-6,15,17,20,22H,7-8,10-14,16,18,36H2,1-2H3,(H,38,42);(H,6,7)/t22-;/m1./s1. The van der Waals surface area contributed by atoms with Crippen molar-refractivity contribution in [3.8, 4) is 23.1 Å². The molecule has 4 N–H and O–H groups in total. The van der Waals surface area contributed by atoms with Gasteiger partial charge in [-0.3, -0.25) is 14.4 Å². The number of aromatic nitrogens is 2. The molecule has 0 aliphatic carbocycles. The third-order valence-electron chi connectivity index (χ3n) is 8.61. The van der Waals surface area contributed by atoms with E-state index in [-0.39, 0.29) is 40.9 Å². The second-order valence-corrected chi connectivity index (χ2v) is 12.1. The van der Waals surface area contributed by atoms with Gasteiger partial charge in [0.25, 0.3) is 11.8 Å². The van der Waals surface area contributed by atoms with Gasteiger partial charge in [-0.1, -0.05) is 0 Å². The number of hydrogen-bond donors (Lipinski definition) is 3. The van der Waals surface area contributed by atoms with Crippen LogP contribution in [0.1, 0.15) is 39.4 Å². The van der Waals surface area contributed by atoms with E-state index in [4.69, 9.17) is 30.4 Å². The molecule has 2 aliphatic heterocycles. The number of morpholine rings is 1.